The molecular formula is C21H33N3O3S2. The maximum atomic E-state index is 13.3. The average molecular weight is 440 g/mol. The minimum absolute atomic E-state index is 0.0836. The number of aromatic nitrogens is 2. The second-order valence-electron chi connectivity index (χ2n) is 8.96. The predicted octanol–water partition coefficient (Wildman–Crippen LogP) is 3.67. The second kappa shape index (κ2) is 8.61. The van der Waals surface area contributed by atoms with Gasteiger partial charge in [-0.25, -0.2) is 13.4 Å². The van der Waals surface area contributed by atoms with Crippen molar-refractivity contribution in [1.29, 1.82) is 0 Å². The maximum absolute atomic E-state index is 13.3. The summed E-state index contributed by atoms with van der Waals surface area (Å²) in [6, 6.07) is 0.563. The van der Waals surface area contributed by atoms with Crippen LogP contribution in [0.1, 0.15) is 75.2 Å². The van der Waals surface area contributed by atoms with Gasteiger partial charge in [0.1, 0.15) is 0 Å². The summed E-state index contributed by atoms with van der Waals surface area (Å²) in [5, 5.41) is 0.950. The standard InChI is InChI=1S/C21H33N3O3S2/c1-15-16(2)23(17-7-3-4-8-17)21(22-15)28-13-20(25)24(18-9-5-6-10-18)19-11-12-29(26,27)14-19/h17-19H,3-14H2,1-2H3/t19-/m1/s1. The van der Waals surface area contributed by atoms with Gasteiger partial charge in [0.05, 0.1) is 23.0 Å². The Morgan fingerprint density at radius 2 is 1.72 bits per heavy atom. The third-order valence-electron chi connectivity index (χ3n) is 6.98. The molecule has 1 aromatic rings. The Morgan fingerprint density at radius 3 is 2.34 bits per heavy atom. The largest absolute Gasteiger partial charge is 0.335 e. The Kier molecular flexibility index (Phi) is 6.30. The van der Waals surface area contributed by atoms with Crippen LogP contribution >= 0.6 is 11.8 Å². The van der Waals surface area contributed by atoms with E-state index in [-0.39, 0.29) is 29.5 Å². The van der Waals surface area contributed by atoms with Crippen molar-refractivity contribution in [3.8, 4) is 0 Å². The number of amides is 1. The van der Waals surface area contributed by atoms with Crippen LogP contribution in [-0.4, -0.2) is 58.1 Å². The first-order valence-corrected chi connectivity index (χ1v) is 13.9. The molecule has 2 saturated carbocycles. The molecular weight excluding hydrogens is 406 g/mol. The molecule has 0 bridgehead atoms. The number of imidazole rings is 1. The first-order valence-electron chi connectivity index (χ1n) is 11.1. The summed E-state index contributed by atoms with van der Waals surface area (Å²) in [6.07, 6.45) is 9.75. The Bertz CT molecular complexity index is 853. The smallest absolute Gasteiger partial charge is 0.233 e. The molecule has 0 aromatic carbocycles. The van der Waals surface area contributed by atoms with Crippen LogP contribution in [0, 0.1) is 13.8 Å². The molecule has 6 nitrogen and oxygen atoms in total. The van der Waals surface area contributed by atoms with Gasteiger partial charge in [0.25, 0.3) is 0 Å². The number of hydrogen-bond donors (Lipinski definition) is 0. The lowest BCUT2D eigenvalue weighted by atomic mass is 10.1. The van der Waals surface area contributed by atoms with Crippen LogP contribution in [0.25, 0.3) is 0 Å². The van der Waals surface area contributed by atoms with E-state index in [4.69, 9.17) is 4.98 Å². The van der Waals surface area contributed by atoms with Crippen LogP contribution in [0.5, 0.6) is 0 Å². The van der Waals surface area contributed by atoms with Crippen molar-refractivity contribution in [1.82, 2.24) is 14.5 Å². The van der Waals surface area contributed by atoms with Crippen molar-refractivity contribution >= 4 is 27.5 Å². The highest BCUT2D eigenvalue weighted by molar-refractivity contribution is 7.99. The lowest BCUT2D eigenvalue weighted by Gasteiger charge is -2.34. The van der Waals surface area contributed by atoms with Crippen LogP contribution in [0.15, 0.2) is 5.16 Å². The molecule has 0 N–H and O–H groups in total. The van der Waals surface area contributed by atoms with E-state index >= 15 is 0 Å². The van der Waals surface area contributed by atoms with E-state index in [0.717, 1.165) is 36.5 Å². The number of hydrogen-bond acceptors (Lipinski definition) is 5. The fraction of sp³-hybridized carbons (Fsp3) is 0.810. The molecule has 29 heavy (non-hydrogen) atoms. The van der Waals surface area contributed by atoms with Gasteiger partial charge in [-0.2, -0.15) is 0 Å². The summed E-state index contributed by atoms with van der Waals surface area (Å²) in [7, 11) is -3.01. The Hall–Kier alpha value is -1.02. The monoisotopic (exact) mass is 439 g/mol. The average Bonchev–Trinajstić information content (AvgIpc) is 3.44. The molecule has 0 spiro atoms. The van der Waals surface area contributed by atoms with E-state index in [1.54, 1.807) is 0 Å². The van der Waals surface area contributed by atoms with Gasteiger partial charge in [-0.3, -0.25) is 4.79 Å². The van der Waals surface area contributed by atoms with Crippen molar-refractivity contribution in [2.24, 2.45) is 0 Å². The molecule has 2 aliphatic carbocycles. The summed E-state index contributed by atoms with van der Waals surface area (Å²) in [4.78, 5) is 20.0. The van der Waals surface area contributed by atoms with Crippen LogP contribution in [0.4, 0.5) is 0 Å². The SMILES string of the molecule is Cc1nc(SCC(=O)N(C2CCCC2)[C@@H]2CCS(=O)(=O)C2)n(C2CCCC2)c1C. The molecule has 162 valence electrons. The fourth-order valence-corrected chi connectivity index (χ4v) is 8.11. The van der Waals surface area contributed by atoms with E-state index in [0.29, 0.717) is 18.2 Å². The molecule has 0 radical (unpaired) electrons. The van der Waals surface area contributed by atoms with Crippen molar-refractivity contribution in [2.45, 2.75) is 94.9 Å². The highest BCUT2D eigenvalue weighted by Crippen LogP contribution is 2.36. The van der Waals surface area contributed by atoms with E-state index in [1.165, 1.54) is 43.1 Å². The summed E-state index contributed by atoms with van der Waals surface area (Å²) < 4.78 is 26.4. The maximum Gasteiger partial charge on any atom is 0.233 e. The van der Waals surface area contributed by atoms with Crippen LogP contribution in [-0.2, 0) is 14.6 Å². The molecule has 1 aromatic heterocycles. The highest BCUT2D eigenvalue weighted by atomic mass is 32.2. The number of sulfone groups is 1. The molecule has 1 aliphatic heterocycles. The summed E-state index contributed by atoms with van der Waals surface area (Å²) in [5.74, 6) is 0.774. The Morgan fingerprint density at radius 1 is 1.07 bits per heavy atom. The molecule has 1 amide bonds. The number of thioether (sulfide) groups is 1. The lowest BCUT2D eigenvalue weighted by Crippen LogP contribution is -2.47. The first-order chi connectivity index (χ1) is 13.9. The molecule has 2 heterocycles. The summed E-state index contributed by atoms with van der Waals surface area (Å²) in [5.41, 5.74) is 2.25. The van der Waals surface area contributed by atoms with Crippen molar-refractivity contribution < 1.29 is 13.2 Å². The highest BCUT2D eigenvalue weighted by Gasteiger charge is 2.39. The van der Waals surface area contributed by atoms with Gasteiger partial charge in [-0.05, 0) is 46.0 Å². The quantitative estimate of drug-likeness (QED) is 0.633. The van der Waals surface area contributed by atoms with Gasteiger partial charge in [0, 0.05) is 23.8 Å². The third-order valence-corrected chi connectivity index (χ3v) is 9.66. The zero-order valence-electron chi connectivity index (χ0n) is 17.6. The van der Waals surface area contributed by atoms with E-state index < -0.39 is 9.84 Å². The van der Waals surface area contributed by atoms with E-state index in [1.807, 2.05) is 11.8 Å². The van der Waals surface area contributed by atoms with Crippen LogP contribution < -0.4 is 0 Å². The Labute approximate surface area is 178 Å². The van der Waals surface area contributed by atoms with E-state index in [2.05, 4.69) is 11.5 Å². The zero-order valence-corrected chi connectivity index (χ0v) is 19.2. The zero-order chi connectivity index (χ0) is 20.6. The number of rotatable bonds is 6. The molecule has 1 saturated heterocycles. The molecule has 3 fully saturated rings. The third kappa shape index (κ3) is 4.53. The summed E-state index contributed by atoms with van der Waals surface area (Å²) >= 11 is 1.53. The first kappa shape index (κ1) is 21.2. The minimum atomic E-state index is -3.01. The van der Waals surface area contributed by atoms with Crippen molar-refractivity contribution in [2.75, 3.05) is 17.3 Å². The molecule has 8 heteroatoms. The molecule has 3 aliphatic rings. The van der Waals surface area contributed by atoms with Gasteiger partial charge in [0.2, 0.25) is 5.91 Å². The van der Waals surface area contributed by atoms with Gasteiger partial charge in [-0.1, -0.05) is 37.4 Å². The minimum Gasteiger partial charge on any atom is -0.335 e. The van der Waals surface area contributed by atoms with Crippen LogP contribution in [0.2, 0.25) is 0 Å². The van der Waals surface area contributed by atoms with Crippen molar-refractivity contribution in [3.63, 3.8) is 0 Å². The normalized spacial score (nSPS) is 25.1. The molecule has 0 unspecified atom stereocenters. The van der Waals surface area contributed by atoms with Gasteiger partial charge < -0.3 is 9.47 Å². The van der Waals surface area contributed by atoms with Gasteiger partial charge in [-0.15, -0.1) is 0 Å². The molecule has 4 rings (SSSR count). The summed E-state index contributed by atoms with van der Waals surface area (Å²) in [6.45, 7) is 4.17. The number of carbonyl (C=O) groups is 1. The lowest BCUT2D eigenvalue weighted by molar-refractivity contribution is -0.132. The van der Waals surface area contributed by atoms with Crippen molar-refractivity contribution in [3.05, 3.63) is 11.4 Å². The van der Waals surface area contributed by atoms with Gasteiger partial charge in [0.15, 0.2) is 15.0 Å². The second-order valence-corrected chi connectivity index (χ2v) is 12.1. The predicted molar refractivity (Wildman–Crippen MR) is 116 cm³/mol. The van der Waals surface area contributed by atoms with Gasteiger partial charge >= 0.3 is 0 Å². The topological polar surface area (TPSA) is 72.3 Å². The Balaban J connectivity index is 1.49. The fourth-order valence-electron chi connectivity index (χ4n) is 5.37. The van der Waals surface area contributed by atoms with E-state index in [9.17, 15) is 13.2 Å². The number of aryl methyl sites for hydroxylation is 1. The number of nitrogens with zero attached hydrogens (tertiary/aromatic N) is 3. The number of carbonyl (C=O) groups excluding carboxylic acids is 1. The molecule has 1 atom stereocenters. The van der Waals surface area contributed by atoms with Crippen LogP contribution in [0.3, 0.4) is 0 Å².